The van der Waals surface area contributed by atoms with Crippen LogP contribution in [0.5, 0.6) is 0 Å². The third-order valence-corrected chi connectivity index (χ3v) is 20.0. The van der Waals surface area contributed by atoms with Gasteiger partial charge in [0.05, 0.1) is 16.9 Å². The summed E-state index contributed by atoms with van der Waals surface area (Å²) >= 11 is -2.91. The Labute approximate surface area is 624 Å². The van der Waals surface area contributed by atoms with Crippen LogP contribution < -0.4 is 21.3 Å². The van der Waals surface area contributed by atoms with E-state index in [2.05, 4.69) is 49.7 Å². The van der Waals surface area contributed by atoms with E-state index in [0.717, 1.165) is 89.0 Å². The fraction of sp³-hybridized carbons (Fsp3) is 0.183. The first-order valence-corrected chi connectivity index (χ1v) is 36.4. The van der Waals surface area contributed by atoms with Crippen LogP contribution >= 0.6 is 0 Å². The van der Waals surface area contributed by atoms with Crippen LogP contribution in [-0.2, 0) is 60.6 Å². The quantitative estimate of drug-likeness (QED) is 0.0217. The van der Waals surface area contributed by atoms with Crippen LogP contribution in [0.3, 0.4) is 0 Å². The monoisotopic (exact) mass is 1500 g/mol. The Bertz CT molecular complexity index is 5130. The second kappa shape index (κ2) is 34.6. The molecule has 554 valence electrons. The Morgan fingerprint density at radius 3 is 1.02 bits per heavy atom. The van der Waals surface area contributed by atoms with Crippen LogP contribution in [0.2, 0.25) is 0 Å². The number of ether oxygens (including phenoxy) is 5. The number of carboxylic acid groups (broad SMARTS) is 2. The van der Waals surface area contributed by atoms with Gasteiger partial charge in [-0.05, 0) is 129 Å². The summed E-state index contributed by atoms with van der Waals surface area (Å²) in [6, 6.07) is 70.9. The van der Waals surface area contributed by atoms with Gasteiger partial charge in [0.2, 0.25) is 0 Å². The summed E-state index contributed by atoms with van der Waals surface area (Å²) in [4.78, 5) is 78.8. The molecule has 0 fully saturated rings. The smallest absolute Gasteiger partial charge is 0.521 e. The first-order chi connectivity index (χ1) is 52.1. The fourth-order valence-electron chi connectivity index (χ4n) is 14.2. The number of hydrogen-bond acceptors (Lipinski definition) is 17. The molecule has 0 spiro atoms. The van der Waals surface area contributed by atoms with Crippen molar-refractivity contribution in [2.24, 2.45) is 0 Å². The SMILES string of the molecule is CNC(=O)OCC1c2ccccc2-c2c(C(=O)O)cccc21.CNC(=O)OCC1c2ccccc2-c2ccc(CC(=O)O)cc21.CNC(=O)OCC1c2ccccc2-c2ccc(S(=O)(=O)O)cc21.CNC(=O)OCC1c2ccccc2-c2ccccc21.O=C(OCC1c2ccccc2-c2ccccc21)OS(=O)[O-]. The number of amides is 4. The van der Waals surface area contributed by atoms with Crippen molar-refractivity contribution in [2.45, 2.75) is 40.9 Å². The van der Waals surface area contributed by atoms with E-state index in [-0.39, 0.29) is 79.0 Å². The lowest BCUT2D eigenvalue weighted by atomic mass is 9.96. The molecule has 0 aromatic heterocycles. The molecular weight excluding hydrogens is 1430 g/mol. The molecule has 5 aliphatic rings. The first kappa shape index (κ1) is 76.6. The maximum atomic E-state index is 11.5. The van der Waals surface area contributed by atoms with Gasteiger partial charge in [-0.2, -0.15) is 8.42 Å². The van der Waals surface area contributed by atoms with Gasteiger partial charge in [-0.25, -0.2) is 33.0 Å². The topological polar surface area (TPSA) is 358 Å². The molecule has 4 atom stereocenters. The number of benzene rings is 10. The van der Waals surface area contributed by atoms with Gasteiger partial charge in [-0.1, -0.05) is 206 Å². The maximum absolute atomic E-state index is 11.5. The van der Waals surface area contributed by atoms with Crippen LogP contribution in [0.25, 0.3) is 55.6 Å². The standard InChI is InChI=1S/C18H17NO4.C17H15NO4.C16H15NO5S.C16H15NO2.C15H12O5S/c1-19-18(22)23-10-16-13-5-3-2-4-12(13)14-7-6-11(8-15(14)16)9-17(20)21;1-18-17(21)22-9-14-10-5-2-3-6-11(10)15-12(14)7-4-8-13(15)16(19)20;1-17-16(18)22-9-15-12-5-3-2-4-11(12)13-7-6-10(8-14(13)15)23(19,20)21;1-17-16(18)19-10-15-13-8-4-2-6-11(13)12-7-3-5-9-14(12)15;16-15(20-21(17)18)19-9-14-12-7-3-1-5-10(12)11-6-2-4-8-13(11)14/h2-8,16H,9-10H2,1H3,(H,19,22)(H,20,21);2-8,14H,9H2,1H3,(H,18,21)(H,19,20);2-8,15H,9H2,1H3,(H,17,18)(H,19,20,21);2-9,15H,10H2,1H3,(H,17,18);1-8,14H,9H2,(H,17,18)/p-1. The van der Waals surface area contributed by atoms with Gasteiger partial charge in [0.15, 0.2) is 0 Å². The van der Waals surface area contributed by atoms with E-state index < -0.39 is 57.9 Å². The molecule has 108 heavy (non-hydrogen) atoms. The molecule has 26 heteroatoms. The van der Waals surface area contributed by atoms with E-state index in [1.54, 1.807) is 25.2 Å². The van der Waals surface area contributed by atoms with E-state index in [0.29, 0.717) is 12.2 Å². The first-order valence-electron chi connectivity index (χ1n) is 33.9. The number of carboxylic acids is 2. The van der Waals surface area contributed by atoms with Gasteiger partial charge in [0, 0.05) is 63.3 Å². The van der Waals surface area contributed by atoms with Gasteiger partial charge in [-0.15, -0.1) is 0 Å². The zero-order chi connectivity index (χ0) is 76.8. The van der Waals surface area contributed by atoms with Crippen LogP contribution in [0.1, 0.15) is 101 Å². The summed E-state index contributed by atoms with van der Waals surface area (Å²) in [5.74, 6) is -2.32. The number of fused-ring (bicyclic) bond motifs is 15. The maximum Gasteiger partial charge on any atom is 0.521 e. The molecule has 24 nitrogen and oxygen atoms in total. The number of carbonyl (C=O) groups excluding carboxylic acids is 5. The lowest BCUT2D eigenvalue weighted by Crippen LogP contribution is -2.22. The minimum atomic E-state index is -4.29. The number of aromatic carboxylic acids is 1. The van der Waals surface area contributed by atoms with Crippen molar-refractivity contribution in [1.29, 1.82) is 0 Å². The lowest BCUT2D eigenvalue weighted by molar-refractivity contribution is -0.136. The molecule has 10 aromatic rings. The average molecular weight is 1500 g/mol. The highest BCUT2D eigenvalue weighted by atomic mass is 32.2. The van der Waals surface area contributed by atoms with E-state index in [4.69, 9.17) is 28.8 Å². The van der Waals surface area contributed by atoms with Crippen LogP contribution in [0.15, 0.2) is 229 Å². The van der Waals surface area contributed by atoms with Gasteiger partial charge < -0.3 is 63.9 Å². The Morgan fingerprint density at radius 2 is 0.676 bits per heavy atom. The highest BCUT2D eigenvalue weighted by Gasteiger charge is 2.36. The summed E-state index contributed by atoms with van der Waals surface area (Å²) < 4.78 is 82.2. The molecule has 0 saturated heterocycles. The zero-order valence-corrected chi connectivity index (χ0v) is 60.2. The van der Waals surface area contributed by atoms with E-state index in [1.165, 1.54) is 55.5 Å². The summed E-state index contributed by atoms with van der Waals surface area (Å²) in [5.41, 5.74) is 21.5. The Balaban J connectivity index is 0.000000134. The third-order valence-electron chi connectivity index (χ3n) is 18.9. The molecule has 4 amide bonds. The summed E-state index contributed by atoms with van der Waals surface area (Å²) in [7, 11) is 1.76. The van der Waals surface area contributed by atoms with E-state index in [9.17, 15) is 60.4 Å². The summed E-state index contributed by atoms with van der Waals surface area (Å²) in [6.45, 7) is 0.878. The Kier molecular flexibility index (Phi) is 24.6. The highest BCUT2D eigenvalue weighted by molar-refractivity contribution is 7.85. The molecule has 0 bridgehead atoms. The number of rotatable bonds is 15. The highest BCUT2D eigenvalue weighted by Crippen LogP contribution is 2.50. The number of hydrogen-bond donors (Lipinski definition) is 7. The van der Waals surface area contributed by atoms with Crippen molar-refractivity contribution in [3.8, 4) is 55.6 Å². The molecule has 4 unspecified atom stereocenters. The molecule has 7 N–H and O–H groups in total. The molecule has 15 rings (SSSR count). The molecule has 5 aliphatic carbocycles. The van der Waals surface area contributed by atoms with Crippen LogP contribution in [-0.4, -0.2) is 136 Å². The van der Waals surface area contributed by atoms with E-state index in [1.807, 2.05) is 170 Å². The number of nitrogens with one attached hydrogen (secondary N) is 4. The van der Waals surface area contributed by atoms with Crippen molar-refractivity contribution in [3.63, 3.8) is 0 Å². The molecule has 0 saturated carbocycles. The van der Waals surface area contributed by atoms with Gasteiger partial charge in [-0.3, -0.25) is 9.35 Å². The zero-order valence-electron chi connectivity index (χ0n) is 58.6. The summed E-state index contributed by atoms with van der Waals surface area (Å²) in [5, 5.41) is 28.1. The van der Waals surface area contributed by atoms with Crippen LogP contribution in [0, 0.1) is 0 Å². The van der Waals surface area contributed by atoms with Crippen molar-refractivity contribution in [1.82, 2.24) is 21.3 Å². The predicted octanol–water partition coefficient (Wildman–Crippen LogP) is 13.9. The number of alkyl carbamates (subject to hydrolysis) is 4. The second-order valence-electron chi connectivity index (χ2n) is 24.9. The molecular formula is C82H73N4O20S2-. The molecule has 0 aliphatic heterocycles. The third kappa shape index (κ3) is 17.2. The van der Waals surface area contributed by atoms with E-state index >= 15 is 0 Å². The fourth-order valence-corrected chi connectivity index (χ4v) is 14.9. The van der Waals surface area contributed by atoms with Crippen molar-refractivity contribution >= 4 is 63.9 Å². The predicted molar refractivity (Wildman–Crippen MR) is 400 cm³/mol. The van der Waals surface area contributed by atoms with Crippen molar-refractivity contribution in [2.75, 3.05) is 61.2 Å². The van der Waals surface area contributed by atoms with Crippen molar-refractivity contribution in [3.05, 3.63) is 291 Å². The molecule has 0 radical (unpaired) electrons. The normalized spacial score (nSPS) is 14.5. The van der Waals surface area contributed by atoms with Crippen molar-refractivity contribution < 1.29 is 93.4 Å². The van der Waals surface area contributed by atoms with Crippen LogP contribution in [0.4, 0.5) is 24.0 Å². The largest absolute Gasteiger partial charge is 0.740 e. The minimum Gasteiger partial charge on any atom is -0.740 e. The lowest BCUT2D eigenvalue weighted by Gasteiger charge is -2.14. The summed E-state index contributed by atoms with van der Waals surface area (Å²) in [6.07, 6.45) is -3.15. The van der Waals surface area contributed by atoms with Gasteiger partial charge in [0.1, 0.15) is 44.4 Å². The Morgan fingerprint density at radius 1 is 0.380 bits per heavy atom. The molecule has 10 aromatic carbocycles. The Hall–Kier alpha value is -12.5. The molecule has 0 heterocycles. The average Bonchev–Trinajstić information content (AvgIpc) is 1.61. The number of aliphatic carboxylic acids is 1. The van der Waals surface area contributed by atoms with Gasteiger partial charge >= 0.3 is 42.5 Å². The minimum absolute atomic E-state index is 0.0212. The number of carbonyl (C=O) groups is 7. The second-order valence-corrected chi connectivity index (χ2v) is 26.9. The van der Waals surface area contributed by atoms with Gasteiger partial charge in [0.25, 0.3) is 10.1 Å².